The monoisotopic (exact) mass is 267 g/mol. The molecule has 3 heteroatoms. The summed E-state index contributed by atoms with van der Waals surface area (Å²) in [6.45, 7) is 7.87. The van der Waals surface area contributed by atoms with Gasteiger partial charge in [0.2, 0.25) is 0 Å². The summed E-state index contributed by atoms with van der Waals surface area (Å²) in [5.74, 6) is 0.669. The van der Waals surface area contributed by atoms with Crippen molar-refractivity contribution in [2.75, 3.05) is 6.54 Å². The van der Waals surface area contributed by atoms with Crippen LogP contribution in [-0.2, 0) is 4.79 Å². The minimum atomic E-state index is -0.577. The molecule has 2 saturated carbocycles. The first kappa shape index (κ1) is 14.8. The van der Waals surface area contributed by atoms with Gasteiger partial charge in [-0.1, -0.05) is 20.8 Å². The fourth-order valence-corrected chi connectivity index (χ4v) is 3.44. The minimum absolute atomic E-state index is 0.135. The highest BCUT2D eigenvalue weighted by Crippen LogP contribution is 2.38. The Morgan fingerprint density at radius 3 is 2.47 bits per heavy atom. The third kappa shape index (κ3) is 3.95. The first-order chi connectivity index (χ1) is 8.99. The van der Waals surface area contributed by atoms with Crippen LogP contribution in [0.5, 0.6) is 0 Å². The van der Waals surface area contributed by atoms with E-state index in [0.717, 1.165) is 25.8 Å². The molecule has 0 aromatic rings. The molecule has 2 fully saturated rings. The quantitative estimate of drug-likeness (QED) is 0.802. The Balaban J connectivity index is 2.05. The molecule has 0 radical (unpaired) electrons. The third-order valence-corrected chi connectivity index (χ3v) is 4.80. The Bertz CT molecular complexity index is 312. The predicted molar refractivity (Wildman–Crippen MR) is 77.1 cm³/mol. The van der Waals surface area contributed by atoms with Crippen molar-refractivity contribution in [1.82, 2.24) is 4.90 Å². The number of carbonyl (C=O) groups is 1. The van der Waals surface area contributed by atoms with Gasteiger partial charge >= 0.3 is 5.97 Å². The van der Waals surface area contributed by atoms with Crippen LogP contribution in [0.25, 0.3) is 0 Å². The molecule has 3 atom stereocenters. The molecule has 0 aliphatic heterocycles. The van der Waals surface area contributed by atoms with Crippen molar-refractivity contribution in [2.45, 2.75) is 71.4 Å². The van der Waals surface area contributed by atoms with E-state index in [2.05, 4.69) is 25.7 Å². The molecule has 110 valence electrons. The van der Waals surface area contributed by atoms with E-state index in [9.17, 15) is 9.90 Å². The van der Waals surface area contributed by atoms with Gasteiger partial charge < -0.3 is 5.11 Å². The highest BCUT2D eigenvalue weighted by atomic mass is 16.4. The number of carboxylic acids is 1. The van der Waals surface area contributed by atoms with Gasteiger partial charge in [-0.15, -0.1) is 0 Å². The number of nitrogens with zero attached hydrogens (tertiary/aromatic N) is 1. The molecule has 2 rings (SSSR count). The average molecular weight is 267 g/mol. The van der Waals surface area contributed by atoms with Crippen molar-refractivity contribution in [3.05, 3.63) is 0 Å². The Morgan fingerprint density at radius 1 is 1.26 bits per heavy atom. The van der Waals surface area contributed by atoms with Gasteiger partial charge in [-0.25, -0.2) is 0 Å². The normalized spacial score (nSPS) is 31.9. The van der Waals surface area contributed by atoms with Crippen molar-refractivity contribution in [3.63, 3.8) is 0 Å². The van der Waals surface area contributed by atoms with Gasteiger partial charge in [-0.05, 0) is 56.9 Å². The van der Waals surface area contributed by atoms with Crippen LogP contribution in [0.4, 0.5) is 0 Å². The molecule has 1 N–H and O–H groups in total. The molecule has 0 aromatic heterocycles. The molecular weight excluding hydrogens is 238 g/mol. The Labute approximate surface area is 117 Å². The molecule has 0 saturated heterocycles. The maximum Gasteiger partial charge on any atom is 0.308 e. The zero-order valence-electron chi connectivity index (χ0n) is 12.6. The van der Waals surface area contributed by atoms with Crippen molar-refractivity contribution in [2.24, 2.45) is 17.8 Å². The summed E-state index contributed by atoms with van der Waals surface area (Å²) in [4.78, 5) is 14.1. The van der Waals surface area contributed by atoms with Crippen LogP contribution in [0.1, 0.15) is 59.3 Å². The minimum Gasteiger partial charge on any atom is -0.481 e. The molecule has 0 bridgehead atoms. The topological polar surface area (TPSA) is 40.5 Å². The fourth-order valence-electron chi connectivity index (χ4n) is 3.44. The van der Waals surface area contributed by atoms with E-state index in [0.29, 0.717) is 17.9 Å². The first-order valence-electron chi connectivity index (χ1n) is 7.97. The van der Waals surface area contributed by atoms with Gasteiger partial charge in [-0.2, -0.15) is 0 Å². The summed E-state index contributed by atoms with van der Waals surface area (Å²) in [6, 6.07) is 0.961. The van der Waals surface area contributed by atoms with Crippen LogP contribution in [0.3, 0.4) is 0 Å². The van der Waals surface area contributed by atoms with Crippen LogP contribution in [-0.4, -0.2) is 34.6 Å². The van der Waals surface area contributed by atoms with Crippen LogP contribution in [0.2, 0.25) is 0 Å². The summed E-state index contributed by atoms with van der Waals surface area (Å²) in [6.07, 6.45) is 6.76. The average Bonchev–Trinajstić information content (AvgIpc) is 3.13. The van der Waals surface area contributed by atoms with Crippen molar-refractivity contribution in [3.8, 4) is 0 Å². The van der Waals surface area contributed by atoms with Gasteiger partial charge in [0.1, 0.15) is 0 Å². The zero-order chi connectivity index (χ0) is 14.0. The van der Waals surface area contributed by atoms with E-state index >= 15 is 0 Å². The standard InChI is InChI=1S/C16H29NO2/c1-11(2)8-9-17(13-5-6-13)15-10-12(3)4-7-14(15)16(18)19/h11-15H,4-10H2,1-3H3,(H,18,19). The number of aliphatic carboxylic acids is 1. The van der Waals surface area contributed by atoms with Gasteiger partial charge in [0.25, 0.3) is 0 Å². The molecule has 0 amide bonds. The van der Waals surface area contributed by atoms with Gasteiger partial charge in [0, 0.05) is 12.1 Å². The number of hydrogen-bond acceptors (Lipinski definition) is 2. The second kappa shape index (κ2) is 6.25. The van der Waals surface area contributed by atoms with Crippen molar-refractivity contribution >= 4 is 5.97 Å². The molecular formula is C16H29NO2. The van der Waals surface area contributed by atoms with Gasteiger partial charge in [0.05, 0.1) is 5.92 Å². The van der Waals surface area contributed by atoms with E-state index in [1.165, 1.54) is 19.3 Å². The highest BCUT2D eigenvalue weighted by molar-refractivity contribution is 5.71. The second-order valence-electron chi connectivity index (χ2n) is 7.08. The SMILES string of the molecule is CC(C)CCN(C1CC1)C1CC(C)CCC1C(=O)O. The molecule has 3 nitrogen and oxygen atoms in total. The largest absolute Gasteiger partial charge is 0.481 e. The first-order valence-corrected chi connectivity index (χ1v) is 7.97. The maximum atomic E-state index is 11.5. The van der Waals surface area contributed by atoms with Crippen molar-refractivity contribution in [1.29, 1.82) is 0 Å². The molecule has 0 heterocycles. The van der Waals surface area contributed by atoms with Crippen molar-refractivity contribution < 1.29 is 9.90 Å². The van der Waals surface area contributed by atoms with E-state index in [1.54, 1.807) is 0 Å². The van der Waals surface area contributed by atoms with Crippen LogP contribution in [0.15, 0.2) is 0 Å². The lowest BCUT2D eigenvalue weighted by atomic mass is 9.78. The second-order valence-corrected chi connectivity index (χ2v) is 7.08. The highest BCUT2D eigenvalue weighted by Gasteiger charge is 2.42. The number of hydrogen-bond donors (Lipinski definition) is 1. The predicted octanol–water partition coefficient (Wildman–Crippen LogP) is 3.39. The number of rotatable bonds is 6. The third-order valence-electron chi connectivity index (χ3n) is 4.80. The lowest BCUT2D eigenvalue weighted by Gasteiger charge is -2.41. The van der Waals surface area contributed by atoms with Crippen LogP contribution in [0, 0.1) is 17.8 Å². The van der Waals surface area contributed by atoms with Crippen LogP contribution >= 0.6 is 0 Å². The molecule has 19 heavy (non-hydrogen) atoms. The van der Waals surface area contributed by atoms with E-state index in [4.69, 9.17) is 0 Å². The summed E-state index contributed by atoms with van der Waals surface area (Å²) in [5.41, 5.74) is 0. The number of carboxylic acid groups (broad SMARTS) is 1. The van der Waals surface area contributed by atoms with E-state index in [-0.39, 0.29) is 12.0 Å². The lowest BCUT2D eigenvalue weighted by Crippen LogP contribution is -2.48. The smallest absolute Gasteiger partial charge is 0.308 e. The molecule has 3 unspecified atom stereocenters. The lowest BCUT2D eigenvalue weighted by molar-refractivity contribution is -0.146. The van der Waals surface area contributed by atoms with Crippen LogP contribution < -0.4 is 0 Å². The molecule has 0 aromatic carbocycles. The van der Waals surface area contributed by atoms with E-state index in [1.807, 2.05) is 0 Å². The Morgan fingerprint density at radius 2 is 1.95 bits per heavy atom. The Kier molecular flexibility index (Phi) is 4.88. The summed E-state index contributed by atoms with van der Waals surface area (Å²) < 4.78 is 0. The maximum absolute atomic E-state index is 11.5. The van der Waals surface area contributed by atoms with Gasteiger partial charge in [-0.3, -0.25) is 9.69 Å². The van der Waals surface area contributed by atoms with Gasteiger partial charge in [0.15, 0.2) is 0 Å². The molecule has 0 spiro atoms. The fraction of sp³-hybridized carbons (Fsp3) is 0.938. The summed E-state index contributed by atoms with van der Waals surface area (Å²) >= 11 is 0. The zero-order valence-corrected chi connectivity index (χ0v) is 12.6. The summed E-state index contributed by atoms with van der Waals surface area (Å²) in [7, 11) is 0. The molecule has 2 aliphatic carbocycles. The van der Waals surface area contributed by atoms with E-state index < -0.39 is 5.97 Å². The summed E-state index contributed by atoms with van der Waals surface area (Å²) in [5, 5.41) is 9.50. The Hall–Kier alpha value is -0.570. The molecule has 2 aliphatic rings.